The Bertz CT molecular complexity index is 1370. The number of rotatable bonds is 5. The van der Waals surface area contributed by atoms with Crippen LogP contribution in [0.15, 0.2) is 74.9 Å². The monoisotopic (exact) mass is 436 g/mol. The molecule has 0 aliphatic rings. The highest BCUT2D eigenvalue weighted by atomic mass is 35.5. The van der Waals surface area contributed by atoms with Crippen LogP contribution in [-0.4, -0.2) is 20.5 Å². The molecule has 0 N–H and O–H groups in total. The molecule has 2 aromatic carbocycles. The van der Waals surface area contributed by atoms with E-state index in [-0.39, 0.29) is 16.3 Å². The molecule has 0 aliphatic carbocycles. The van der Waals surface area contributed by atoms with Crippen LogP contribution in [0.3, 0.4) is 0 Å². The minimum Gasteiger partial charge on any atom is -0.455 e. The van der Waals surface area contributed by atoms with E-state index >= 15 is 0 Å². The van der Waals surface area contributed by atoms with E-state index in [9.17, 15) is 14.9 Å². The molecule has 0 radical (unpaired) electrons. The van der Waals surface area contributed by atoms with Gasteiger partial charge in [0.1, 0.15) is 11.5 Å². The summed E-state index contributed by atoms with van der Waals surface area (Å²) in [5, 5.41) is 11.1. The number of halogens is 1. The summed E-state index contributed by atoms with van der Waals surface area (Å²) in [6.07, 6.45) is 1.46. The average Bonchev–Trinajstić information content (AvgIpc) is 3.30. The van der Waals surface area contributed by atoms with Crippen LogP contribution in [0.5, 0.6) is 0 Å². The molecule has 2 aromatic heterocycles. The smallest absolute Gasteiger partial charge is 0.297 e. The second kappa shape index (κ2) is 8.08. The molecule has 0 saturated heterocycles. The van der Waals surface area contributed by atoms with E-state index in [4.69, 9.17) is 16.0 Å². The molecule has 4 aromatic rings. The number of nitro benzene ring substituents is 1. The van der Waals surface area contributed by atoms with E-state index in [1.807, 2.05) is 37.3 Å². The molecule has 0 fully saturated rings. The molecule has 0 amide bonds. The number of aromatic nitrogens is 2. The maximum absolute atomic E-state index is 12.9. The van der Waals surface area contributed by atoms with Gasteiger partial charge in [0.15, 0.2) is 5.69 Å². The maximum Gasteiger partial charge on any atom is 0.297 e. The first kappa shape index (κ1) is 20.4. The molecule has 0 spiro atoms. The Morgan fingerprint density at radius 1 is 1.13 bits per heavy atom. The third-order valence-electron chi connectivity index (χ3n) is 4.90. The fourth-order valence-electron chi connectivity index (χ4n) is 3.22. The number of hydrogen-bond donors (Lipinski definition) is 0. The van der Waals surface area contributed by atoms with Crippen LogP contribution in [0.2, 0.25) is 5.02 Å². The zero-order valence-corrected chi connectivity index (χ0v) is 17.4. The van der Waals surface area contributed by atoms with Crippen molar-refractivity contribution in [3.05, 3.63) is 97.6 Å². The van der Waals surface area contributed by atoms with Crippen molar-refractivity contribution in [3.63, 3.8) is 0 Å². The van der Waals surface area contributed by atoms with E-state index < -0.39 is 4.92 Å². The predicted molar refractivity (Wildman–Crippen MR) is 119 cm³/mol. The van der Waals surface area contributed by atoms with E-state index in [1.165, 1.54) is 24.4 Å². The summed E-state index contributed by atoms with van der Waals surface area (Å²) in [4.78, 5) is 27.6. The number of hydrogen-bond acceptors (Lipinski definition) is 5. The first-order valence-electron chi connectivity index (χ1n) is 9.29. The first-order valence-corrected chi connectivity index (χ1v) is 9.67. The van der Waals surface area contributed by atoms with Crippen molar-refractivity contribution < 1.29 is 9.34 Å². The Morgan fingerprint density at radius 3 is 2.55 bits per heavy atom. The molecule has 31 heavy (non-hydrogen) atoms. The highest BCUT2D eigenvalue weighted by Gasteiger charge is 2.16. The SMILES string of the molecule is Cc1c(N=Cc2ccc(-c3ccc([N+](=O)[O-])cc3Cl)o2)c(=O)n(-c2ccccc2)n1C. The molecule has 2 heterocycles. The maximum atomic E-state index is 12.9. The number of benzene rings is 2. The van der Waals surface area contributed by atoms with Crippen LogP contribution in [0.1, 0.15) is 11.5 Å². The van der Waals surface area contributed by atoms with Crippen molar-refractivity contribution in [1.29, 1.82) is 0 Å². The van der Waals surface area contributed by atoms with Crippen molar-refractivity contribution in [2.75, 3.05) is 0 Å². The van der Waals surface area contributed by atoms with Gasteiger partial charge >= 0.3 is 0 Å². The summed E-state index contributed by atoms with van der Waals surface area (Å²) in [6, 6.07) is 16.8. The average molecular weight is 437 g/mol. The predicted octanol–water partition coefficient (Wildman–Crippen LogP) is 5.06. The van der Waals surface area contributed by atoms with Gasteiger partial charge in [-0.25, -0.2) is 9.67 Å². The van der Waals surface area contributed by atoms with Crippen molar-refractivity contribution in [2.24, 2.45) is 12.0 Å². The molecule has 156 valence electrons. The van der Waals surface area contributed by atoms with Crippen molar-refractivity contribution in [3.8, 4) is 17.0 Å². The van der Waals surface area contributed by atoms with Crippen LogP contribution in [-0.2, 0) is 7.05 Å². The standard InChI is InChI=1S/C22H17ClN4O4/c1-14-21(22(28)26(25(14)2)15-6-4-3-5-7-15)24-13-17-9-11-20(31-17)18-10-8-16(27(29)30)12-19(18)23/h3-13H,1-2H3. The van der Waals surface area contributed by atoms with Gasteiger partial charge in [-0.2, -0.15) is 0 Å². The quantitative estimate of drug-likeness (QED) is 0.248. The number of furan rings is 1. The van der Waals surface area contributed by atoms with Crippen LogP contribution >= 0.6 is 11.6 Å². The molecule has 4 rings (SSSR count). The summed E-state index contributed by atoms with van der Waals surface area (Å²) in [7, 11) is 1.80. The number of para-hydroxylation sites is 1. The summed E-state index contributed by atoms with van der Waals surface area (Å²) in [5.74, 6) is 0.853. The fraction of sp³-hybridized carbons (Fsp3) is 0.0909. The molecule has 0 atom stereocenters. The van der Waals surface area contributed by atoms with Crippen LogP contribution in [0, 0.1) is 17.0 Å². The largest absolute Gasteiger partial charge is 0.455 e. The van der Waals surface area contributed by atoms with E-state index in [1.54, 1.807) is 28.5 Å². The van der Waals surface area contributed by atoms with Gasteiger partial charge in [-0.1, -0.05) is 29.8 Å². The minimum atomic E-state index is -0.514. The lowest BCUT2D eigenvalue weighted by atomic mass is 10.1. The molecular weight excluding hydrogens is 420 g/mol. The lowest BCUT2D eigenvalue weighted by Gasteiger charge is -2.07. The Hall–Kier alpha value is -3.91. The van der Waals surface area contributed by atoms with Crippen molar-refractivity contribution in [1.82, 2.24) is 9.36 Å². The summed E-state index contributed by atoms with van der Waals surface area (Å²) >= 11 is 6.17. The third-order valence-corrected chi connectivity index (χ3v) is 5.21. The molecule has 0 unspecified atom stereocenters. The topological polar surface area (TPSA) is 95.6 Å². The van der Waals surface area contributed by atoms with Crippen molar-refractivity contribution >= 4 is 29.2 Å². The van der Waals surface area contributed by atoms with Gasteiger partial charge in [0, 0.05) is 24.7 Å². The van der Waals surface area contributed by atoms with Gasteiger partial charge < -0.3 is 4.42 Å². The lowest BCUT2D eigenvalue weighted by molar-refractivity contribution is -0.384. The number of non-ortho nitro benzene ring substituents is 1. The first-order chi connectivity index (χ1) is 14.9. The fourth-order valence-corrected chi connectivity index (χ4v) is 3.48. The Balaban J connectivity index is 1.65. The van der Waals surface area contributed by atoms with Gasteiger partial charge in [0.2, 0.25) is 0 Å². The van der Waals surface area contributed by atoms with Crippen LogP contribution < -0.4 is 5.56 Å². The van der Waals surface area contributed by atoms with Gasteiger partial charge in [0.05, 0.1) is 27.5 Å². The summed E-state index contributed by atoms with van der Waals surface area (Å²) in [5.41, 5.74) is 1.93. The highest BCUT2D eigenvalue weighted by Crippen LogP contribution is 2.32. The molecular formula is C22H17ClN4O4. The van der Waals surface area contributed by atoms with E-state index in [0.29, 0.717) is 28.5 Å². The minimum absolute atomic E-state index is 0.101. The van der Waals surface area contributed by atoms with Gasteiger partial charge in [-0.05, 0) is 37.3 Å². The van der Waals surface area contributed by atoms with E-state index in [0.717, 1.165) is 5.69 Å². The van der Waals surface area contributed by atoms with Gasteiger partial charge in [-0.3, -0.25) is 19.6 Å². The molecule has 0 bridgehead atoms. The second-order valence-electron chi connectivity index (χ2n) is 6.79. The molecule has 0 saturated carbocycles. The van der Waals surface area contributed by atoms with Gasteiger partial charge in [-0.15, -0.1) is 0 Å². The Morgan fingerprint density at radius 2 is 1.87 bits per heavy atom. The van der Waals surface area contributed by atoms with Crippen LogP contribution in [0.25, 0.3) is 17.0 Å². The second-order valence-corrected chi connectivity index (χ2v) is 7.20. The molecule has 0 aliphatic heterocycles. The van der Waals surface area contributed by atoms with Crippen molar-refractivity contribution in [2.45, 2.75) is 6.92 Å². The number of nitrogens with zero attached hydrogens (tertiary/aromatic N) is 4. The summed E-state index contributed by atoms with van der Waals surface area (Å²) < 4.78 is 9.05. The Labute approximate surface area is 181 Å². The zero-order valence-electron chi connectivity index (χ0n) is 16.7. The Kier molecular flexibility index (Phi) is 5.31. The van der Waals surface area contributed by atoms with Gasteiger partial charge in [0.25, 0.3) is 11.2 Å². The third kappa shape index (κ3) is 3.80. The lowest BCUT2D eigenvalue weighted by Crippen LogP contribution is -2.19. The zero-order chi connectivity index (χ0) is 22.1. The highest BCUT2D eigenvalue weighted by molar-refractivity contribution is 6.33. The number of nitro groups is 1. The molecule has 8 nitrogen and oxygen atoms in total. The van der Waals surface area contributed by atoms with Crippen LogP contribution in [0.4, 0.5) is 11.4 Å². The number of aliphatic imine (C=N–C) groups is 1. The normalized spacial score (nSPS) is 11.3. The summed E-state index contributed by atoms with van der Waals surface area (Å²) in [6.45, 7) is 1.82. The molecule has 9 heteroatoms. The van der Waals surface area contributed by atoms with E-state index in [2.05, 4.69) is 4.99 Å².